The van der Waals surface area contributed by atoms with Gasteiger partial charge in [0.2, 0.25) is 5.88 Å². The van der Waals surface area contributed by atoms with Crippen molar-refractivity contribution in [1.82, 2.24) is 4.98 Å². The number of nitrogens with zero attached hydrogens (tertiary/aromatic N) is 1. The van der Waals surface area contributed by atoms with Gasteiger partial charge in [0.15, 0.2) is 0 Å². The van der Waals surface area contributed by atoms with Gasteiger partial charge in [-0.2, -0.15) is 0 Å². The summed E-state index contributed by atoms with van der Waals surface area (Å²) in [5.41, 5.74) is 12.5. The molecule has 0 aliphatic rings. The predicted molar refractivity (Wildman–Crippen MR) is 60.6 cm³/mol. The Bertz CT molecular complexity index is 274. The van der Waals surface area contributed by atoms with Gasteiger partial charge in [-0.25, -0.2) is 4.98 Å². The first-order valence-electron chi connectivity index (χ1n) is 5.23. The molecule has 4 heteroatoms. The number of pyridine rings is 1. The number of hydrogen-bond acceptors (Lipinski definition) is 4. The molecule has 0 unspecified atom stereocenters. The van der Waals surface area contributed by atoms with Crippen LogP contribution in [-0.2, 0) is 0 Å². The third kappa shape index (κ3) is 3.85. The van der Waals surface area contributed by atoms with Gasteiger partial charge in [-0.05, 0) is 24.9 Å². The Morgan fingerprint density at radius 1 is 1.40 bits per heavy atom. The smallest absolute Gasteiger partial charge is 0.212 e. The zero-order chi connectivity index (χ0) is 11.1. The molecule has 1 aromatic rings. The first-order valence-corrected chi connectivity index (χ1v) is 5.23. The van der Waals surface area contributed by atoms with E-state index in [0.717, 1.165) is 31.4 Å². The largest absolute Gasteiger partial charge is 0.481 e. The minimum atomic E-state index is 0.0509. The molecular formula is C11H19N3O. The Hall–Kier alpha value is -1.13. The Kier molecular flexibility index (Phi) is 5.07. The topological polar surface area (TPSA) is 74.2 Å². The molecule has 1 atom stereocenters. The van der Waals surface area contributed by atoms with Gasteiger partial charge in [0, 0.05) is 18.3 Å². The van der Waals surface area contributed by atoms with Gasteiger partial charge in [0.1, 0.15) is 0 Å². The van der Waals surface area contributed by atoms with Crippen LogP contribution in [0, 0.1) is 0 Å². The third-order valence-electron chi connectivity index (χ3n) is 2.37. The molecule has 0 bridgehead atoms. The van der Waals surface area contributed by atoms with Crippen molar-refractivity contribution >= 4 is 0 Å². The van der Waals surface area contributed by atoms with Gasteiger partial charge in [-0.1, -0.05) is 12.5 Å². The highest BCUT2D eigenvalue weighted by molar-refractivity contribution is 5.20. The molecule has 0 fully saturated rings. The average Bonchev–Trinajstić information content (AvgIpc) is 2.29. The Labute approximate surface area is 90.6 Å². The van der Waals surface area contributed by atoms with Crippen molar-refractivity contribution in [2.24, 2.45) is 11.5 Å². The van der Waals surface area contributed by atoms with Crippen LogP contribution in [0.5, 0.6) is 5.88 Å². The van der Waals surface area contributed by atoms with Gasteiger partial charge in [-0.3, -0.25) is 0 Å². The molecule has 0 aromatic carbocycles. The Morgan fingerprint density at radius 3 is 2.73 bits per heavy atom. The molecule has 0 aliphatic carbocycles. The molecule has 84 valence electrons. The summed E-state index contributed by atoms with van der Waals surface area (Å²) >= 11 is 0. The number of unbranched alkanes of at least 4 members (excludes halogenated alkanes) is 1. The molecule has 0 amide bonds. The molecule has 0 aliphatic heterocycles. The van der Waals surface area contributed by atoms with Gasteiger partial charge >= 0.3 is 0 Å². The van der Waals surface area contributed by atoms with E-state index < -0.39 is 0 Å². The number of ether oxygens (including phenoxy) is 1. The fourth-order valence-corrected chi connectivity index (χ4v) is 1.41. The van der Waals surface area contributed by atoms with Crippen molar-refractivity contribution in [3.05, 3.63) is 23.9 Å². The van der Waals surface area contributed by atoms with Crippen molar-refractivity contribution < 1.29 is 4.74 Å². The molecule has 0 radical (unpaired) electrons. The monoisotopic (exact) mass is 209 g/mol. The molecule has 0 spiro atoms. The van der Waals surface area contributed by atoms with E-state index in [0.29, 0.717) is 5.88 Å². The van der Waals surface area contributed by atoms with Crippen LogP contribution in [0.15, 0.2) is 18.3 Å². The lowest BCUT2D eigenvalue weighted by molar-refractivity contribution is 0.397. The van der Waals surface area contributed by atoms with E-state index in [2.05, 4.69) is 4.98 Å². The van der Waals surface area contributed by atoms with E-state index in [-0.39, 0.29) is 6.04 Å². The fraction of sp³-hybridized carbons (Fsp3) is 0.545. The SMILES string of the molecule is COc1ccc([C@@H](N)CCCCN)cn1. The van der Waals surface area contributed by atoms with Crippen LogP contribution in [0.3, 0.4) is 0 Å². The quantitative estimate of drug-likeness (QED) is 0.691. The lowest BCUT2D eigenvalue weighted by Gasteiger charge is -2.11. The molecular weight excluding hydrogens is 190 g/mol. The summed E-state index contributed by atoms with van der Waals surface area (Å²) < 4.78 is 4.98. The zero-order valence-corrected chi connectivity index (χ0v) is 9.15. The van der Waals surface area contributed by atoms with Gasteiger partial charge in [-0.15, -0.1) is 0 Å². The van der Waals surface area contributed by atoms with E-state index in [1.54, 1.807) is 13.3 Å². The highest BCUT2D eigenvalue weighted by Gasteiger charge is 2.05. The first-order chi connectivity index (χ1) is 7.27. The lowest BCUT2D eigenvalue weighted by Crippen LogP contribution is -2.11. The summed E-state index contributed by atoms with van der Waals surface area (Å²) in [4.78, 5) is 4.12. The summed E-state index contributed by atoms with van der Waals surface area (Å²) in [6.45, 7) is 0.730. The summed E-state index contributed by atoms with van der Waals surface area (Å²) in [7, 11) is 1.60. The number of rotatable bonds is 6. The first kappa shape index (κ1) is 11.9. The molecule has 15 heavy (non-hydrogen) atoms. The number of nitrogens with two attached hydrogens (primary N) is 2. The molecule has 4 nitrogen and oxygen atoms in total. The van der Waals surface area contributed by atoms with E-state index in [4.69, 9.17) is 16.2 Å². The highest BCUT2D eigenvalue weighted by atomic mass is 16.5. The highest BCUT2D eigenvalue weighted by Crippen LogP contribution is 2.17. The normalized spacial score (nSPS) is 12.5. The van der Waals surface area contributed by atoms with Crippen LogP contribution in [0.4, 0.5) is 0 Å². The van der Waals surface area contributed by atoms with Crippen molar-refractivity contribution in [2.45, 2.75) is 25.3 Å². The fourth-order valence-electron chi connectivity index (χ4n) is 1.41. The van der Waals surface area contributed by atoms with Gasteiger partial charge in [0.25, 0.3) is 0 Å². The Balaban J connectivity index is 2.46. The molecule has 1 aromatic heterocycles. The maximum Gasteiger partial charge on any atom is 0.212 e. The summed E-state index contributed by atoms with van der Waals surface area (Å²) in [5, 5.41) is 0. The van der Waals surface area contributed by atoms with Crippen LogP contribution in [-0.4, -0.2) is 18.6 Å². The lowest BCUT2D eigenvalue weighted by atomic mass is 10.0. The van der Waals surface area contributed by atoms with Crippen molar-refractivity contribution in [2.75, 3.05) is 13.7 Å². The van der Waals surface area contributed by atoms with E-state index >= 15 is 0 Å². The minimum Gasteiger partial charge on any atom is -0.481 e. The molecule has 1 heterocycles. The van der Waals surface area contributed by atoms with Crippen molar-refractivity contribution in [3.8, 4) is 5.88 Å². The van der Waals surface area contributed by atoms with Crippen LogP contribution in [0.25, 0.3) is 0 Å². The van der Waals surface area contributed by atoms with Crippen molar-refractivity contribution in [1.29, 1.82) is 0 Å². The van der Waals surface area contributed by atoms with Crippen LogP contribution in [0.1, 0.15) is 30.9 Å². The van der Waals surface area contributed by atoms with Gasteiger partial charge < -0.3 is 16.2 Å². The van der Waals surface area contributed by atoms with Crippen molar-refractivity contribution in [3.63, 3.8) is 0 Å². The van der Waals surface area contributed by atoms with E-state index in [9.17, 15) is 0 Å². The zero-order valence-electron chi connectivity index (χ0n) is 9.15. The van der Waals surface area contributed by atoms with Crippen LogP contribution in [0.2, 0.25) is 0 Å². The standard InChI is InChI=1S/C11H19N3O/c1-15-11-6-5-9(8-14-11)10(13)4-2-3-7-12/h5-6,8,10H,2-4,7,12-13H2,1H3/t10-/m0/s1. The second kappa shape index (κ2) is 6.37. The molecule has 1 rings (SSSR count). The maximum absolute atomic E-state index is 6.01. The molecule has 0 saturated heterocycles. The summed E-state index contributed by atoms with van der Waals surface area (Å²) in [6.07, 6.45) is 4.80. The van der Waals surface area contributed by atoms with Crippen LogP contribution < -0.4 is 16.2 Å². The minimum absolute atomic E-state index is 0.0509. The second-order valence-corrected chi connectivity index (χ2v) is 3.52. The van der Waals surface area contributed by atoms with Gasteiger partial charge in [0.05, 0.1) is 7.11 Å². The third-order valence-corrected chi connectivity index (χ3v) is 2.37. The summed E-state index contributed by atoms with van der Waals surface area (Å²) in [6, 6.07) is 3.84. The number of aromatic nitrogens is 1. The summed E-state index contributed by atoms with van der Waals surface area (Å²) in [5.74, 6) is 0.618. The van der Waals surface area contributed by atoms with E-state index in [1.807, 2.05) is 12.1 Å². The molecule has 4 N–H and O–H groups in total. The number of hydrogen-bond donors (Lipinski definition) is 2. The Morgan fingerprint density at radius 2 is 2.20 bits per heavy atom. The van der Waals surface area contributed by atoms with E-state index in [1.165, 1.54) is 0 Å². The molecule has 0 saturated carbocycles. The average molecular weight is 209 g/mol. The predicted octanol–water partition coefficient (Wildman–Crippen LogP) is 1.22. The number of methoxy groups -OCH3 is 1. The maximum atomic E-state index is 6.01. The second-order valence-electron chi connectivity index (χ2n) is 3.52. The van der Waals surface area contributed by atoms with Crippen LogP contribution >= 0.6 is 0 Å².